The molecule has 0 bridgehead atoms. The molecular formula is C15H13NOS. The zero-order valence-corrected chi connectivity index (χ0v) is 10.9. The van der Waals surface area contributed by atoms with E-state index in [1.54, 1.807) is 11.8 Å². The molecule has 2 nitrogen and oxygen atoms in total. The normalized spacial score (nSPS) is 13.3. The lowest BCUT2D eigenvalue weighted by Crippen LogP contribution is -2.03. The van der Waals surface area contributed by atoms with E-state index in [0.29, 0.717) is 6.42 Å². The third kappa shape index (κ3) is 2.27. The van der Waals surface area contributed by atoms with E-state index in [0.717, 1.165) is 11.3 Å². The average molecular weight is 255 g/mol. The Kier molecular flexibility index (Phi) is 2.84. The Morgan fingerprint density at radius 2 is 1.78 bits per heavy atom. The lowest BCUT2D eigenvalue weighted by molar-refractivity contribution is -0.115. The van der Waals surface area contributed by atoms with E-state index in [1.165, 1.54) is 15.4 Å². The number of fused-ring (bicyclic) bond motifs is 1. The quantitative estimate of drug-likeness (QED) is 0.887. The standard InChI is InChI=1S/C15H13NOS/c1-10-2-4-12(5-3-10)18-13-6-7-14-11(8-13)9-15(17)16-14/h2-8H,9H2,1H3,(H,16,17). The van der Waals surface area contributed by atoms with E-state index < -0.39 is 0 Å². The molecule has 2 aromatic rings. The van der Waals surface area contributed by atoms with Gasteiger partial charge in [0.1, 0.15) is 0 Å². The molecule has 0 aliphatic carbocycles. The van der Waals surface area contributed by atoms with Crippen LogP contribution in [-0.4, -0.2) is 5.91 Å². The summed E-state index contributed by atoms with van der Waals surface area (Å²) in [5.41, 5.74) is 3.31. The second-order valence-corrected chi connectivity index (χ2v) is 5.61. The number of hydrogen-bond acceptors (Lipinski definition) is 2. The van der Waals surface area contributed by atoms with Crippen LogP contribution in [0.1, 0.15) is 11.1 Å². The van der Waals surface area contributed by atoms with Gasteiger partial charge in [-0.1, -0.05) is 29.5 Å². The van der Waals surface area contributed by atoms with Gasteiger partial charge < -0.3 is 5.32 Å². The number of benzene rings is 2. The fourth-order valence-corrected chi connectivity index (χ4v) is 2.89. The highest BCUT2D eigenvalue weighted by molar-refractivity contribution is 7.99. The van der Waals surface area contributed by atoms with Gasteiger partial charge in [0.15, 0.2) is 0 Å². The fraction of sp³-hybridized carbons (Fsp3) is 0.133. The zero-order valence-electron chi connectivity index (χ0n) is 10.1. The van der Waals surface area contributed by atoms with E-state index in [4.69, 9.17) is 0 Å². The largest absolute Gasteiger partial charge is 0.326 e. The molecule has 0 atom stereocenters. The Balaban J connectivity index is 1.84. The van der Waals surface area contributed by atoms with Crippen molar-refractivity contribution in [1.82, 2.24) is 0 Å². The number of carbonyl (C=O) groups excluding carboxylic acids is 1. The van der Waals surface area contributed by atoms with Gasteiger partial charge in [0.2, 0.25) is 5.91 Å². The van der Waals surface area contributed by atoms with Gasteiger partial charge in [-0.05, 0) is 42.8 Å². The molecule has 0 aromatic heterocycles. The van der Waals surface area contributed by atoms with Gasteiger partial charge in [-0.2, -0.15) is 0 Å². The Labute approximate surface area is 110 Å². The monoisotopic (exact) mass is 255 g/mol. The molecule has 1 amide bonds. The molecule has 90 valence electrons. The van der Waals surface area contributed by atoms with Gasteiger partial charge in [-0.3, -0.25) is 4.79 Å². The second-order valence-electron chi connectivity index (χ2n) is 4.46. The first-order valence-corrected chi connectivity index (χ1v) is 6.70. The first-order chi connectivity index (χ1) is 8.70. The van der Waals surface area contributed by atoms with Gasteiger partial charge in [0.05, 0.1) is 6.42 Å². The molecule has 1 heterocycles. The molecule has 0 saturated heterocycles. The minimum atomic E-state index is 0.0856. The molecule has 0 saturated carbocycles. The molecule has 3 heteroatoms. The van der Waals surface area contributed by atoms with Crippen LogP contribution in [0.2, 0.25) is 0 Å². The van der Waals surface area contributed by atoms with Crippen molar-refractivity contribution in [1.29, 1.82) is 0 Å². The van der Waals surface area contributed by atoms with Gasteiger partial charge in [0, 0.05) is 15.5 Å². The van der Waals surface area contributed by atoms with Crippen molar-refractivity contribution in [2.75, 3.05) is 5.32 Å². The maximum Gasteiger partial charge on any atom is 0.228 e. The highest BCUT2D eigenvalue weighted by Crippen LogP contribution is 2.32. The second kappa shape index (κ2) is 4.50. The molecular weight excluding hydrogens is 242 g/mol. The molecule has 18 heavy (non-hydrogen) atoms. The SMILES string of the molecule is Cc1ccc(Sc2ccc3c(c2)CC(=O)N3)cc1. The smallest absolute Gasteiger partial charge is 0.228 e. The molecule has 0 radical (unpaired) electrons. The number of carbonyl (C=O) groups is 1. The number of rotatable bonds is 2. The van der Waals surface area contributed by atoms with Crippen LogP contribution in [0.15, 0.2) is 52.3 Å². The van der Waals surface area contributed by atoms with Crippen LogP contribution in [0.4, 0.5) is 5.69 Å². The summed E-state index contributed by atoms with van der Waals surface area (Å²) < 4.78 is 0. The molecule has 1 N–H and O–H groups in total. The van der Waals surface area contributed by atoms with Gasteiger partial charge in [0.25, 0.3) is 0 Å². The first kappa shape index (κ1) is 11.4. The van der Waals surface area contributed by atoms with Crippen molar-refractivity contribution in [3.05, 3.63) is 53.6 Å². The van der Waals surface area contributed by atoms with Crippen LogP contribution in [-0.2, 0) is 11.2 Å². The van der Waals surface area contributed by atoms with Crippen molar-refractivity contribution in [2.24, 2.45) is 0 Å². The minimum Gasteiger partial charge on any atom is -0.326 e. The Morgan fingerprint density at radius 3 is 2.56 bits per heavy atom. The number of amides is 1. The molecule has 0 fully saturated rings. The Morgan fingerprint density at radius 1 is 1.06 bits per heavy atom. The summed E-state index contributed by atoms with van der Waals surface area (Å²) in [7, 11) is 0. The van der Waals surface area contributed by atoms with E-state index in [9.17, 15) is 4.79 Å². The summed E-state index contributed by atoms with van der Waals surface area (Å²) >= 11 is 1.72. The van der Waals surface area contributed by atoms with Crippen LogP contribution in [0.3, 0.4) is 0 Å². The molecule has 2 aromatic carbocycles. The molecule has 1 aliphatic heterocycles. The maximum absolute atomic E-state index is 11.3. The molecule has 3 rings (SSSR count). The summed E-state index contributed by atoms with van der Waals surface area (Å²) in [4.78, 5) is 13.7. The van der Waals surface area contributed by atoms with Crippen LogP contribution in [0.5, 0.6) is 0 Å². The Bertz CT molecular complexity index is 604. The van der Waals surface area contributed by atoms with Crippen LogP contribution in [0, 0.1) is 6.92 Å². The lowest BCUT2D eigenvalue weighted by Gasteiger charge is -2.04. The topological polar surface area (TPSA) is 29.1 Å². The predicted octanol–water partition coefficient (Wildman–Crippen LogP) is 3.64. The van der Waals surface area contributed by atoms with Gasteiger partial charge in [-0.25, -0.2) is 0 Å². The van der Waals surface area contributed by atoms with E-state index in [1.807, 2.05) is 6.07 Å². The Hall–Kier alpha value is -1.74. The number of nitrogens with one attached hydrogen (secondary N) is 1. The van der Waals surface area contributed by atoms with Crippen molar-refractivity contribution >= 4 is 23.4 Å². The van der Waals surface area contributed by atoms with Crippen molar-refractivity contribution < 1.29 is 4.79 Å². The lowest BCUT2D eigenvalue weighted by atomic mass is 10.2. The van der Waals surface area contributed by atoms with Crippen molar-refractivity contribution in [3.8, 4) is 0 Å². The summed E-state index contributed by atoms with van der Waals surface area (Å²) in [5.74, 6) is 0.0856. The summed E-state index contributed by atoms with van der Waals surface area (Å²) in [6.07, 6.45) is 0.498. The van der Waals surface area contributed by atoms with E-state index in [-0.39, 0.29) is 5.91 Å². The summed E-state index contributed by atoms with van der Waals surface area (Å²) in [6.45, 7) is 2.08. The highest BCUT2D eigenvalue weighted by atomic mass is 32.2. The van der Waals surface area contributed by atoms with Crippen LogP contribution < -0.4 is 5.32 Å². The fourth-order valence-electron chi connectivity index (χ4n) is 2.01. The average Bonchev–Trinajstić information content (AvgIpc) is 2.71. The van der Waals surface area contributed by atoms with Crippen LogP contribution >= 0.6 is 11.8 Å². The number of aryl methyl sites for hydroxylation is 1. The number of hydrogen-bond donors (Lipinski definition) is 1. The summed E-state index contributed by atoms with van der Waals surface area (Å²) in [5, 5.41) is 2.85. The van der Waals surface area contributed by atoms with Crippen LogP contribution in [0.25, 0.3) is 0 Å². The van der Waals surface area contributed by atoms with Crippen molar-refractivity contribution in [3.63, 3.8) is 0 Å². The van der Waals surface area contributed by atoms with E-state index in [2.05, 4.69) is 48.6 Å². The third-order valence-corrected chi connectivity index (χ3v) is 3.96. The van der Waals surface area contributed by atoms with Gasteiger partial charge in [-0.15, -0.1) is 0 Å². The minimum absolute atomic E-state index is 0.0856. The van der Waals surface area contributed by atoms with Gasteiger partial charge >= 0.3 is 0 Å². The number of anilines is 1. The first-order valence-electron chi connectivity index (χ1n) is 5.88. The molecule has 0 unspecified atom stereocenters. The predicted molar refractivity (Wildman–Crippen MR) is 74.1 cm³/mol. The van der Waals surface area contributed by atoms with Crippen molar-refractivity contribution in [2.45, 2.75) is 23.1 Å². The third-order valence-electron chi connectivity index (χ3n) is 2.96. The molecule has 1 aliphatic rings. The summed E-state index contributed by atoms with van der Waals surface area (Å²) in [6, 6.07) is 14.6. The highest BCUT2D eigenvalue weighted by Gasteiger charge is 2.17. The zero-order chi connectivity index (χ0) is 12.5. The van der Waals surface area contributed by atoms with E-state index >= 15 is 0 Å². The molecule has 0 spiro atoms. The maximum atomic E-state index is 11.3.